The van der Waals surface area contributed by atoms with Gasteiger partial charge in [0.1, 0.15) is 6.04 Å². The Kier molecular flexibility index (Phi) is 6.79. The normalized spacial score (nSPS) is 15.1. The van der Waals surface area contributed by atoms with Crippen LogP contribution in [0.25, 0.3) is 0 Å². The third-order valence-electron chi connectivity index (χ3n) is 3.13. The standard InChI is InChI=1S/C12H21N3O3/c1-5-8(2)10(11(16)17)14-12(18)15(4)9(3)6-7-13/h8-10H,5-6H2,1-4H3,(H,14,18)(H,16,17)/t8-,9?,10-/m0/s1. The topological polar surface area (TPSA) is 93.4 Å². The van der Waals surface area contributed by atoms with Crippen molar-refractivity contribution in [3.05, 3.63) is 0 Å². The second-order valence-electron chi connectivity index (χ2n) is 4.47. The van der Waals surface area contributed by atoms with Crippen LogP contribution in [-0.4, -0.2) is 41.1 Å². The predicted octanol–water partition coefficient (Wildman–Crippen LogP) is 1.43. The summed E-state index contributed by atoms with van der Waals surface area (Å²) in [5.74, 6) is -1.19. The van der Waals surface area contributed by atoms with E-state index in [0.717, 1.165) is 0 Å². The third-order valence-corrected chi connectivity index (χ3v) is 3.13. The number of aliphatic carboxylic acids is 1. The van der Waals surface area contributed by atoms with Crippen LogP contribution < -0.4 is 5.32 Å². The second kappa shape index (κ2) is 7.54. The lowest BCUT2D eigenvalue weighted by Gasteiger charge is -2.27. The average Bonchev–Trinajstić information content (AvgIpc) is 2.33. The molecule has 2 amide bonds. The molecule has 1 unspecified atom stereocenters. The van der Waals surface area contributed by atoms with E-state index in [0.29, 0.717) is 6.42 Å². The molecule has 0 bridgehead atoms. The highest BCUT2D eigenvalue weighted by molar-refractivity contribution is 5.82. The first kappa shape index (κ1) is 16.2. The number of rotatable bonds is 6. The quantitative estimate of drug-likeness (QED) is 0.750. The molecule has 18 heavy (non-hydrogen) atoms. The van der Waals surface area contributed by atoms with Crippen LogP contribution >= 0.6 is 0 Å². The minimum absolute atomic E-state index is 0.147. The van der Waals surface area contributed by atoms with Gasteiger partial charge in [-0.15, -0.1) is 0 Å². The summed E-state index contributed by atoms with van der Waals surface area (Å²) < 4.78 is 0. The van der Waals surface area contributed by atoms with Gasteiger partial charge in [-0.25, -0.2) is 9.59 Å². The minimum atomic E-state index is -1.04. The summed E-state index contributed by atoms with van der Waals surface area (Å²) in [5.41, 5.74) is 0. The zero-order valence-electron chi connectivity index (χ0n) is 11.3. The van der Waals surface area contributed by atoms with E-state index >= 15 is 0 Å². The van der Waals surface area contributed by atoms with Gasteiger partial charge in [0, 0.05) is 13.1 Å². The molecule has 6 heteroatoms. The molecular formula is C12H21N3O3. The van der Waals surface area contributed by atoms with Crippen LogP contribution in [0.3, 0.4) is 0 Å². The SMILES string of the molecule is CC[C@H](C)[C@H](NC(=O)N(C)C(C)CC#N)C(=O)O. The molecule has 3 atom stereocenters. The molecule has 0 saturated heterocycles. The van der Waals surface area contributed by atoms with Gasteiger partial charge < -0.3 is 15.3 Å². The van der Waals surface area contributed by atoms with E-state index in [1.54, 1.807) is 20.9 Å². The second-order valence-corrected chi connectivity index (χ2v) is 4.47. The highest BCUT2D eigenvalue weighted by atomic mass is 16.4. The third kappa shape index (κ3) is 4.62. The van der Waals surface area contributed by atoms with Crippen LogP contribution in [0, 0.1) is 17.2 Å². The van der Waals surface area contributed by atoms with Crippen LogP contribution in [0.5, 0.6) is 0 Å². The Labute approximate surface area is 108 Å². The molecule has 0 aliphatic heterocycles. The van der Waals surface area contributed by atoms with Crippen LogP contribution in [-0.2, 0) is 4.79 Å². The molecule has 0 aromatic rings. The molecule has 0 spiro atoms. The molecule has 0 aliphatic rings. The van der Waals surface area contributed by atoms with Crippen molar-refractivity contribution in [3.8, 4) is 6.07 Å². The summed E-state index contributed by atoms with van der Waals surface area (Å²) in [6.07, 6.45) is 0.875. The van der Waals surface area contributed by atoms with E-state index in [9.17, 15) is 9.59 Å². The van der Waals surface area contributed by atoms with Crippen molar-refractivity contribution in [1.29, 1.82) is 5.26 Å². The fraction of sp³-hybridized carbons (Fsp3) is 0.750. The summed E-state index contributed by atoms with van der Waals surface area (Å²) in [6, 6.07) is 0.356. The lowest BCUT2D eigenvalue weighted by atomic mass is 9.99. The number of urea groups is 1. The first-order valence-corrected chi connectivity index (χ1v) is 5.98. The van der Waals surface area contributed by atoms with Gasteiger partial charge >= 0.3 is 12.0 Å². The summed E-state index contributed by atoms with van der Waals surface area (Å²) in [4.78, 5) is 24.3. The van der Waals surface area contributed by atoms with Crippen LogP contribution in [0.15, 0.2) is 0 Å². The Hall–Kier alpha value is -1.77. The molecule has 102 valence electrons. The molecule has 0 aromatic carbocycles. The zero-order valence-corrected chi connectivity index (χ0v) is 11.3. The summed E-state index contributed by atoms with van der Waals surface area (Å²) in [6.45, 7) is 5.38. The smallest absolute Gasteiger partial charge is 0.326 e. The molecule has 0 heterocycles. The van der Waals surface area contributed by atoms with Crippen molar-refractivity contribution < 1.29 is 14.7 Å². The first-order valence-electron chi connectivity index (χ1n) is 5.98. The van der Waals surface area contributed by atoms with Gasteiger partial charge in [-0.3, -0.25) is 0 Å². The number of amides is 2. The van der Waals surface area contributed by atoms with Gasteiger partial charge in [-0.05, 0) is 12.8 Å². The van der Waals surface area contributed by atoms with Gasteiger partial charge in [-0.1, -0.05) is 20.3 Å². The van der Waals surface area contributed by atoms with Gasteiger partial charge in [-0.2, -0.15) is 5.26 Å². The Morgan fingerprint density at radius 3 is 2.39 bits per heavy atom. The van der Waals surface area contributed by atoms with Crippen molar-refractivity contribution in [2.45, 2.75) is 45.7 Å². The number of nitrogens with zero attached hydrogens (tertiary/aromatic N) is 2. The van der Waals surface area contributed by atoms with Gasteiger partial charge in [0.15, 0.2) is 0 Å². The fourth-order valence-corrected chi connectivity index (χ4v) is 1.39. The van der Waals surface area contributed by atoms with Crippen molar-refractivity contribution in [2.75, 3.05) is 7.05 Å². The molecule has 0 radical (unpaired) electrons. The number of carbonyl (C=O) groups excluding carboxylic acids is 1. The predicted molar refractivity (Wildman–Crippen MR) is 66.9 cm³/mol. The summed E-state index contributed by atoms with van der Waals surface area (Å²) >= 11 is 0. The Morgan fingerprint density at radius 1 is 1.44 bits per heavy atom. The van der Waals surface area contributed by atoms with Crippen molar-refractivity contribution in [3.63, 3.8) is 0 Å². The number of carboxylic acids is 1. The Balaban J connectivity index is 4.61. The molecule has 0 aromatic heterocycles. The average molecular weight is 255 g/mol. The van der Waals surface area contributed by atoms with Gasteiger partial charge in [0.25, 0.3) is 0 Å². The van der Waals surface area contributed by atoms with E-state index in [1.165, 1.54) is 4.90 Å². The largest absolute Gasteiger partial charge is 0.480 e. The Bertz CT molecular complexity index is 338. The van der Waals surface area contributed by atoms with Gasteiger partial charge in [0.05, 0.1) is 12.5 Å². The molecule has 0 saturated carbocycles. The zero-order chi connectivity index (χ0) is 14.3. The fourth-order valence-electron chi connectivity index (χ4n) is 1.39. The number of hydrogen-bond acceptors (Lipinski definition) is 3. The molecule has 0 fully saturated rings. The number of nitrogens with one attached hydrogen (secondary N) is 1. The van der Waals surface area contributed by atoms with Crippen molar-refractivity contribution in [1.82, 2.24) is 10.2 Å². The van der Waals surface area contributed by atoms with Crippen LogP contribution in [0.1, 0.15) is 33.6 Å². The Morgan fingerprint density at radius 2 is 2.00 bits per heavy atom. The highest BCUT2D eigenvalue weighted by Gasteiger charge is 2.27. The van der Waals surface area contributed by atoms with Crippen molar-refractivity contribution >= 4 is 12.0 Å². The van der Waals surface area contributed by atoms with E-state index in [-0.39, 0.29) is 18.4 Å². The number of hydrogen-bond donors (Lipinski definition) is 2. The monoisotopic (exact) mass is 255 g/mol. The molecular weight excluding hydrogens is 234 g/mol. The maximum atomic E-state index is 11.8. The van der Waals surface area contributed by atoms with E-state index in [1.807, 2.05) is 13.0 Å². The van der Waals surface area contributed by atoms with E-state index in [2.05, 4.69) is 5.32 Å². The molecule has 0 aliphatic carbocycles. The van der Waals surface area contributed by atoms with Gasteiger partial charge in [0.2, 0.25) is 0 Å². The van der Waals surface area contributed by atoms with E-state index in [4.69, 9.17) is 10.4 Å². The maximum Gasteiger partial charge on any atom is 0.326 e. The lowest BCUT2D eigenvalue weighted by molar-refractivity contribution is -0.140. The lowest BCUT2D eigenvalue weighted by Crippen LogP contribution is -2.51. The number of carbonyl (C=O) groups is 2. The number of carboxylic acid groups (broad SMARTS) is 1. The summed E-state index contributed by atoms with van der Waals surface area (Å²) in [7, 11) is 1.55. The minimum Gasteiger partial charge on any atom is -0.480 e. The first-order chi connectivity index (χ1) is 8.34. The molecule has 2 N–H and O–H groups in total. The maximum absolute atomic E-state index is 11.8. The highest BCUT2D eigenvalue weighted by Crippen LogP contribution is 2.09. The van der Waals surface area contributed by atoms with Crippen LogP contribution in [0.2, 0.25) is 0 Å². The van der Waals surface area contributed by atoms with Crippen LogP contribution in [0.4, 0.5) is 4.79 Å². The van der Waals surface area contributed by atoms with E-state index < -0.39 is 18.0 Å². The molecule has 6 nitrogen and oxygen atoms in total. The summed E-state index contributed by atoms with van der Waals surface area (Å²) in [5, 5.41) is 20.1. The number of nitriles is 1. The molecule has 0 rings (SSSR count). The van der Waals surface area contributed by atoms with Crippen molar-refractivity contribution in [2.24, 2.45) is 5.92 Å².